The number of hydrogen-bond donors (Lipinski definition) is 0. The van der Waals surface area contributed by atoms with Crippen LogP contribution in [0.2, 0.25) is 0 Å². The third-order valence-corrected chi connectivity index (χ3v) is 3.92. The molecule has 0 aliphatic carbocycles. The summed E-state index contributed by atoms with van der Waals surface area (Å²) >= 11 is 0. The largest absolute Gasteiger partial charge is 0.463 e. The minimum absolute atomic E-state index is 0.338. The molecule has 0 radical (unpaired) electrons. The van der Waals surface area contributed by atoms with Crippen molar-refractivity contribution in [3.05, 3.63) is 0 Å². The van der Waals surface area contributed by atoms with Crippen LogP contribution < -0.4 is 0 Å². The van der Waals surface area contributed by atoms with E-state index in [1.54, 1.807) is 0 Å². The second kappa shape index (κ2) is 15.5. The first-order valence-corrected chi connectivity index (χ1v) is 8.83. The molecule has 0 saturated carbocycles. The third-order valence-electron chi connectivity index (χ3n) is 3.92. The first-order chi connectivity index (χ1) is 10.2. The monoisotopic (exact) mass is 298 g/mol. The fraction of sp³-hybridized carbons (Fsp3) is 0.889. The Hall–Kier alpha value is -0.860. The summed E-state index contributed by atoms with van der Waals surface area (Å²) in [6, 6.07) is 0. The van der Waals surface area contributed by atoms with Crippen LogP contribution in [0.1, 0.15) is 96.8 Å². The number of rotatable bonds is 15. The van der Waals surface area contributed by atoms with Gasteiger partial charge in [-0.25, -0.2) is 4.79 Å². The smallest absolute Gasteiger partial charge is 0.374 e. The van der Waals surface area contributed by atoms with Crippen molar-refractivity contribution >= 4 is 11.8 Å². The molecule has 0 rings (SSSR count). The molecule has 0 saturated heterocycles. The fourth-order valence-corrected chi connectivity index (χ4v) is 2.52. The van der Waals surface area contributed by atoms with Crippen molar-refractivity contribution in [3.63, 3.8) is 0 Å². The normalized spacial score (nSPS) is 10.6. The van der Waals surface area contributed by atoms with Crippen molar-refractivity contribution in [1.29, 1.82) is 0 Å². The van der Waals surface area contributed by atoms with E-state index >= 15 is 0 Å². The molecule has 0 spiro atoms. The standard InChI is InChI=1S/C18H34O3/c1-3-4-5-6-7-8-9-10-11-12-13-14-15-16-17(19)18(20)21-2/h3-16H2,1-2H3. The lowest BCUT2D eigenvalue weighted by atomic mass is 10.0. The van der Waals surface area contributed by atoms with E-state index < -0.39 is 5.97 Å². The van der Waals surface area contributed by atoms with Gasteiger partial charge < -0.3 is 4.74 Å². The second-order valence-corrected chi connectivity index (χ2v) is 5.91. The Bertz CT molecular complexity index is 261. The maximum atomic E-state index is 11.2. The molecule has 3 nitrogen and oxygen atoms in total. The van der Waals surface area contributed by atoms with Crippen LogP contribution in [0, 0.1) is 0 Å². The van der Waals surface area contributed by atoms with Crippen LogP contribution in [0.5, 0.6) is 0 Å². The molecule has 0 fully saturated rings. The average molecular weight is 298 g/mol. The van der Waals surface area contributed by atoms with Gasteiger partial charge in [-0.05, 0) is 6.42 Å². The summed E-state index contributed by atoms with van der Waals surface area (Å²) in [5.41, 5.74) is 0. The van der Waals surface area contributed by atoms with Crippen LogP contribution >= 0.6 is 0 Å². The van der Waals surface area contributed by atoms with Gasteiger partial charge in [-0.2, -0.15) is 0 Å². The topological polar surface area (TPSA) is 43.4 Å². The third kappa shape index (κ3) is 13.9. The zero-order valence-corrected chi connectivity index (χ0v) is 14.1. The first kappa shape index (κ1) is 20.1. The Morgan fingerprint density at radius 2 is 1.05 bits per heavy atom. The summed E-state index contributed by atoms with van der Waals surface area (Å²) in [5, 5.41) is 0. The lowest BCUT2D eigenvalue weighted by molar-refractivity contribution is -0.151. The van der Waals surface area contributed by atoms with Gasteiger partial charge in [0.2, 0.25) is 5.78 Å². The Labute approximate surface area is 130 Å². The number of carbonyl (C=O) groups is 2. The number of carbonyl (C=O) groups excluding carboxylic acids is 2. The molecule has 0 aromatic heterocycles. The van der Waals surface area contributed by atoms with E-state index in [2.05, 4.69) is 11.7 Å². The Kier molecular flexibility index (Phi) is 14.9. The van der Waals surface area contributed by atoms with Crippen LogP contribution in [0.3, 0.4) is 0 Å². The average Bonchev–Trinajstić information content (AvgIpc) is 2.50. The highest BCUT2D eigenvalue weighted by Crippen LogP contribution is 2.13. The Morgan fingerprint density at radius 1 is 0.667 bits per heavy atom. The van der Waals surface area contributed by atoms with E-state index in [4.69, 9.17) is 0 Å². The van der Waals surface area contributed by atoms with Gasteiger partial charge in [-0.15, -0.1) is 0 Å². The summed E-state index contributed by atoms with van der Waals surface area (Å²) in [6.45, 7) is 2.26. The SMILES string of the molecule is CCCCCCCCCCCCCCCC(=O)C(=O)OC. The molecular formula is C18H34O3. The summed E-state index contributed by atoms with van der Waals surface area (Å²) in [6.07, 6.45) is 16.9. The van der Waals surface area contributed by atoms with Crippen molar-refractivity contribution in [2.45, 2.75) is 96.8 Å². The van der Waals surface area contributed by atoms with Crippen LogP contribution in [0.15, 0.2) is 0 Å². The van der Waals surface area contributed by atoms with Crippen molar-refractivity contribution in [1.82, 2.24) is 0 Å². The molecule has 3 heteroatoms. The number of esters is 1. The van der Waals surface area contributed by atoms with Gasteiger partial charge in [0.15, 0.2) is 0 Å². The summed E-state index contributed by atoms with van der Waals surface area (Å²) < 4.78 is 4.39. The molecule has 0 aromatic rings. The van der Waals surface area contributed by atoms with E-state index in [-0.39, 0.29) is 5.78 Å². The molecule has 21 heavy (non-hydrogen) atoms. The predicted octanol–water partition coefficient (Wildman–Crippen LogP) is 5.21. The molecule has 0 unspecified atom stereocenters. The number of unbranched alkanes of at least 4 members (excludes halogenated alkanes) is 12. The van der Waals surface area contributed by atoms with E-state index in [0.717, 1.165) is 12.8 Å². The van der Waals surface area contributed by atoms with Crippen LogP contribution in [0.4, 0.5) is 0 Å². The molecule has 0 bridgehead atoms. The first-order valence-electron chi connectivity index (χ1n) is 8.83. The summed E-state index contributed by atoms with van der Waals surface area (Å²) in [4.78, 5) is 22.1. The van der Waals surface area contributed by atoms with Crippen LogP contribution in [0.25, 0.3) is 0 Å². The highest BCUT2D eigenvalue weighted by Gasteiger charge is 2.12. The molecule has 0 aromatic carbocycles. The summed E-state index contributed by atoms with van der Waals surface area (Å²) in [7, 11) is 1.25. The van der Waals surface area contributed by atoms with Crippen molar-refractivity contribution in [3.8, 4) is 0 Å². The molecule has 0 N–H and O–H groups in total. The maximum Gasteiger partial charge on any atom is 0.374 e. The Morgan fingerprint density at radius 3 is 1.43 bits per heavy atom. The van der Waals surface area contributed by atoms with Gasteiger partial charge in [0.25, 0.3) is 0 Å². The quantitative estimate of drug-likeness (QED) is 0.237. The molecule has 0 aliphatic rings. The number of hydrogen-bond acceptors (Lipinski definition) is 3. The molecule has 0 amide bonds. The maximum absolute atomic E-state index is 11.2. The van der Waals surface area contributed by atoms with Crippen LogP contribution in [-0.4, -0.2) is 18.9 Å². The lowest BCUT2D eigenvalue weighted by Gasteiger charge is -2.03. The van der Waals surface area contributed by atoms with E-state index in [9.17, 15) is 9.59 Å². The lowest BCUT2D eigenvalue weighted by Crippen LogP contribution is -2.14. The second-order valence-electron chi connectivity index (χ2n) is 5.91. The molecule has 0 aliphatic heterocycles. The van der Waals surface area contributed by atoms with Gasteiger partial charge in [-0.1, -0.05) is 84.0 Å². The van der Waals surface area contributed by atoms with Crippen molar-refractivity contribution in [2.24, 2.45) is 0 Å². The number of Topliss-reactive ketones (excluding diaryl/α,β-unsaturated/α-hetero) is 1. The molecule has 124 valence electrons. The molecular weight excluding hydrogens is 264 g/mol. The van der Waals surface area contributed by atoms with E-state index in [0.29, 0.717) is 6.42 Å². The zero-order chi connectivity index (χ0) is 15.8. The molecule has 0 atom stereocenters. The number of methoxy groups -OCH3 is 1. The van der Waals surface area contributed by atoms with E-state index in [1.165, 1.54) is 77.7 Å². The number of ketones is 1. The van der Waals surface area contributed by atoms with Gasteiger partial charge in [0.05, 0.1) is 7.11 Å². The highest BCUT2D eigenvalue weighted by molar-refractivity contribution is 6.33. The predicted molar refractivity (Wildman–Crippen MR) is 87.3 cm³/mol. The van der Waals surface area contributed by atoms with Gasteiger partial charge in [0, 0.05) is 6.42 Å². The van der Waals surface area contributed by atoms with Gasteiger partial charge in [0.1, 0.15) is 0 Å². The van der Waals surface area contributed by atoms with Gasteiger partial charge in [-0.3, -0.25) is 4.79 Å². The zero-order valence-electron chi connectivity index (χ0n) is 14.1. The van der Waals surface area contributed by atoms with E-state index in [1.807, 2.05) is 0 Å². The minimum atomic E-state index is -0.700. The highest BCUT2D eigenvalue weighted by atomic mass is 16.5. The van der Waals surface area contributed by atoms with Crippen LogP contribution in [-0.2, 0) is 14.3 Å². The van der Waals surface area contributed by atoms with Gasteiger partial charge >= 0.3 is 5.97 Å². The van der Waals surface area contributed by atoms with Crippen molar-refractivity contribution in [2.75, 3.05) is 7.11 Å². The molecule has 0 heterocycles. The summed E-state index contributed by atoms with van der Waals surface area (Å²) in [5.74, 6) is -1.09. The number of ether oxygens (including phenoxy) is 1. The minimum Gasteiger partial charge on any atom is -0.463 e. The fourth-order valence-electron chi connectivity index (χ4n) is 2.52. The Balaban J connectivity index is 3.12. The van der Waals surface area contributed by atoms with Crippen molar-refractivity contribution < 1.29 is 14.3 Å².